The lowest BCUT2D eigenvalue weighted by molar-refractivity contribution is -0.0987. The molecule has 0 spiro atoms. The van der Waals surface area contributed by atoms with Crippen LogP contribution in [0.3, 0.4) is 0 Å². The first-order valence-corrected chi connectivity index (χ1v) is 12.1. The number of phosphoric ester groups is 1. The highest BCUT2D eigenvalue weighted by atomic mass is 32.1. The Morgan fingerprint density at radius 1 is 1.24 bits per heavy atom. The van der Waals surface area contributed by atoms with Crippen LogP contribution in [0.1, 0.15) is 18.1 Å². The molecule has 0 amide bonds. The maximum absolute atomic E-state index is 14.9. The van der Waals surface area contributed by atoms with Crippen LogP contribution in [-0.4, -0.2) is 39.9 Å². The minimum atomic E-state index is -4.36. The van der Waals surface area contributed by atoms with E-state index in [1.807, 2.05) is 19.1 Å². The van der Waals surface area contributed by atoms with E-state index in [4.69, 9.17) is 14.0 Å². The van der Waals surface area contributed by atoms with Gasteiger partial charge in [-0.2, -0.15) is 0 Å². The third kappa shape index (κ3) is 3.85. The van der Waals surface area contributed by atoms with E-state index < -0.39 is 19.4 Å². The average molecular weight is 491 g/mol. The van der Waals surface area contributed by atoms with Crippen molar-refractivity contribution in [1.29, 1.82) is 0 Å². The second kappa shape index (κ2) is 7.68. The number of hydrogen-bond acceptors (Lipinski definition) is 9. The van der Waals surface area contributed by atoms with E-state index in [2.05, 4.69) is 19.5 Å². The van der Waals surface area contributed by atoms with Gasteiger partial charge in [-0.05, 0) is 24.6 Å². The summed E-state index contributed by atoms with van der Waals surface area (Å²) in [5.74, 6) is -1.84. The normalized spacial score (nSPS) is 19.5. The van der Waals surface area contributed by atoms with Gasteiger partial charge in [-0.15, -0.1) is 11.3 Å². The zero-order valence-electron chi connectivity index (χ0n) is 18.1. The Balaban J connectivity index is 1.64. The number of thiazole rings is 1. The molecule has 1 N–H and O–H groups in total. The zero-order chi connectivity index (χ0) is 23.5. The van der Waals surface area contributed by atoms with Crippen molar-refractivity contribution in [3.05, 3.63) is 41.3 Å². The van der Waals surface area contributed by atoms with Gasteiger partial charge >= 0.3 is 7.82 Å². The number of aryl methyl sites for hydroxylation is 1. The Morgan fingerprint density at radius 2 is 2.03 bits per heavy atom. The molecule has 9 nitrogen and oxygen atoms in total. The summed E-state index contributed by atoms with van der Waals surface area (Å²) in [4.78, 5) is 23.3. The van der Waals surface area contributed by atoms with Crippen LogP contribution in [0, 0.1) is 12.7 Å². The monoisotopic (exact) mass is 491 g/mol. The van der Waals surface area contributed by atoms with Crippen LogP contribution in [0.2, 0.25) is 0 Å². The molecule has 0 bridgehead atoms. The van der Waals surface area contributed by atoms with Gasteiger partial charge in [0.05, 0.1) is 34.6 Å². The highest BCUT2D eigenvalue weighted by Gasteiger charge is 2.44. The van der Waals surface area contributed by atoms with Crippen molar-refractivity contribution in [2.24, 2.45) is 0 Å². The summed E-state index contributed by atoms with van der Waals surface area (Å²) in [6, 6.07) is 5.13. The highest BCUT2D eigenvalue weighted by Crippen LogP contribution is 2.52. The van der Waals surface area contributed by atoms with Crippen molar-refractivity contribution < 1.29 is 32.4 Å². The van der Waals surface area contributed by atoms with Crippen molar-refractivity contribution in [3.63, 3.8) is 0 Å². The lowest BCUT2D eigenvalue weighted by Crippen LogP contribution is -2.32. The number of phosphoric acid groups is 1. The summed E-state index contributed by atoms with van der Waals surface area (Å²) in [5, 5.41) is 0.630. The molecular formula is C21H19FN3O6PS. The Morgan fingerprint density at radius 3 is 2.76 bits per heavy atom. The number of halogens is 1. The van der Waals surface area contributed by atoms with Crippen LogP contribution in [-0.2, 0) is 20.0 Å². The Labute approximate surface area is 191 Å². The van der Waals surface area contributed by atoms with Gasteiger partial charge in [-0.1, -0.05) is 0 Å². The second-order valence-corrected chi connectivity index (χ2v) is 10.3. The summed E-state index contributed by atoms with van der Waals surface area (Å²) in [6.07, 6.45) is 1.57. The van der Waals surface area contributed by atoms with Gasteiger partial charge in [0.1, 0.15) is 5.01 Å². The molecule has 12 heteroatoms. The molecule has 0 saturated carbocycles. The van der Waals surface area contributed by atoms with E-state index in [1.165, 1.54) is 37.6 Å². The number of methoxy groups -OCH3 is 1. The molecule has 33 heavy (non-hydrogen) atoms. The SMILES string of the molecule is COc1cnc2c(-c3nc4cc(F)c5c(c4s3)CC(C)(OP(=O)(O)OC)O5)cc(C)cc2n1. The summed E-state index contributed by atoms with van der Waals surface area (Å²) in [7, 11) is -1.79. The molecule has 0 fully saturated rings. The molecule has 5 rings (SSSR count). The first kappa shape index (κ1) is 22.1. The van der Waals surface area contributed by atoms with E-state index in [0.717, 1.165) is 18.2 Å². The molecule has 2 aromatic heterocycles. The maximum Gasteiger partial charge on any atom is 0.475 e. The number of hydrogen-bond donors (Lipinski definition) is 1. The zero-order valence-corrected chi connectivity index (χ0v) is 19.8. The van der Waals surface area contributed by atoms with Crippen LogP contribution in [0.4, 0.5) is 4.39 Å². The van der Waals surface area contributed by atoms with E-state index in [9.17, 15) is 13.8 Å². The van der Waals surface area contributed by atoms with Gasteiger partial charge in [0, 0.05) is 37.6 Å². The average Bonchev–Trinajstić information content (AvgIpc) is 3.33. The summed E-state index contributed by atoms with van der Waals surface area (Å²) in [6.45, 7) is 3.40. The topological polar surface area (TPSA) is 113 Å². The van der Waals surface area contributed by atoms with Crippen molar-refractivity contribution in [3.8, 4) is 22.2 Å². The quantitative estimate of drug-likeness (QED) is 0.394. The number of benzene rings is 2. The van der Waals surface area contributed by atoms with Crippen molar-refractivity contribution in [2.75, 3.05) is 14.2 Å². The number of aromatic nitrogens is 3. The molecule has 3 heterocycles. The van der Waals surface area contributed by atoms with E-state index >= 15 is 0 Å². The van der Waals surface area contributed by atoms with E-state index in [1.54, 1.807) is 0 Å². The third-order valence-electron chi connectivity index (χ3n) is 5.25. The van der Waals surface area contributed by atoms with Gasteiger partial charge in [0.15, 0.2) is 11.6 Å². The van der Waals surface area contributed by atoms with Crippen LogP contribution in [0.25, 0.3) is 31.8 Å². The third-order valence-corrected chi connectivity index (χ3v) is 7.49. The fraction of sp³-hybridized carbons (Fsp3) is 0.286. The maximum atomic E-state index is 14.9. The fourth-order valence-electron chi connectivity index (χ4n) is 3.88. The predicted octanol–water partition coefficient (Wildman–Crippen LogP) is 4.78. The highest BCUT2D eigenvalue weighted by molar-refractivity contribution is 7.47. The standard InChI is InChI=1S/C21H19FN3O6PS/c1-10-5-11(17-14(6-10)24-16(28-3)9-23-17)20-25-15-7-13(22)18-12(19(15)33-20)8-21(2,30-18)31-32(26,27)29-4/h5-7,9H,8H2,1-4H3,(H,26,27). The first-order valence-electron chi connectivity index (χ1n) is 9.83. The second-order valence-electron chi connectivity index (χ2n) is 7.78. The number of rotatable bonds is 5. The van der Waals surface area contributed by atoms with Gasteiger partial charge in [-0.25, -0.2) is 28.4 Å². The van der Waals surface area contributed by atoms with Gasteiger partial charge < -0.3 is 14.4 Å². The number of fused-ring (bicyclic) bond motifs is 4. The fourth-order valence-corrected chi connectivity index (χ4v) is 5.64. The molecule has 4 aromatic rings. The number of nitrogens with zero attached hydrogens (tertiary/aromatic N) is 3. The molecule has 1 aliphatic heterocycles. The van der Waals surface area contributed by atoms with Crippen LogP contribution < -0.4 is 9.47 Å². The lowest BCUT2D eigenvalue weighted by Gasteiger charge is -2.25. The molecular weight excluding hydrogens is 472 g/mol. The summed E-state index contributed by atoms with van der Waals surface area (Å²) < 4.78 is 48.0. The van der Waals surface area contributed by atoms with Gasteiger partial charge in [0.2, 0.25) is 11.7 Å². The first-order chi connectivity index (χ1) is 15.6. The van der Waals surface area contributed by atoms with E-state index in [-0.39, 0.29) is 12.2 Å². The summed E-state index contributed by atoms with van der Waals surface area (Å²) in [5.41, 5.74) is 3.96. The molecule has 1 aliphatic rings. The Hall–Kier alpha value is -2.69. The van der Waals surface area contributed by atoms with Crippen molar-refractivity contribution in [1.82, 2.24) is 15.0 Å². The predicted molar refractivity (Wildman–Crippen MR) is 120 cm³/mol. The van der Waals surface area contributed by atoms with Crippen LogP contribution >= 0.6 is 19.2 Å². The van der Waals surface area contributed by atoms with E-state index in [0.29, 0.717) is 37.7 Å². The largest absolute Gasteiger partial charge is 0.480 e. The molecule has 0 saturated heterocycles. The molecule has 0 aliphatic carbocycles. The Bertz CT molecular complexity index is 1480. The van der Waals surface area contributed by atoms with Crippen LogP contribution in [0.15, 0.2) is 24.4 Å². The summed E-state index contributed by atoms with van der Waals surface area (Å²) >= 11 is 1.35. The smallest absolute Gasteiger partial charge is 0.475 e. The van der Waals surface area contributed by atoms with Gasteiger partial charge in [0.25, 0.3) is 0 Å². The number of ether oxygens (including phenoxy) is 2. The molecule has 2 aromatic carbocycles. The minimum absolute atomic E-state index is 0.0325. The minimum Gasteiger partial charge on any atom is -0.480 e. The molecule has 2 atom stereocenters. The van der Waals surface area contributed by atoms with Gasteiger partial charge in [-0.3, -0.25) is 4.52 Å². The van der Waals surface area contributed by atoms with Crippen LogP contribution in [0.5, 0.6) is 11.6 Å². The van der Waals surface area contributed by atoms with Crippen molar-refractivity contribution in [2.45, 2.75) is 26.1 Å². The molecule has 172 valence electrons. The molecule has 0 radical (unpaired) electrons. The lowest BCUT2D eigenvalue weighted by atomic mass is 10.1. The Kier molecular flexibility index (Phi) is 5.15. The molecule has 2 unspecified atom stereocenters. The van der Waals surface area contributed by atoms with Crippen molar-refractivity contribution >= 4 is 40.4 Å².